The Balaban J connectivity index is 2.52. The lowest BCUT2D eigenvalue weighted by molar-refractivity contribution is -0.138. The van der Waals surface area contributed by atoms with Gasteiger partial charge in [-0.2, -0.15) is 0 Å². The molecule has 0 aromatic heterocycles. The zero-order valence-corrected chi connectivity index (χ0v) is 10.3. The average molecular weight is 258 g/mol. The zero-order chi connectivity index (χ0) is 13.7. The topological polar surface area (TPSA) is 90.3 Å². The SMILES string of the molecule is C=CCOC(=O)N1C[C@H](O)[C@@H](N(C)CC(=O)O)C1. The van der Waals surface area contributed by atoms with Crippen LogP contribution in [0.5, 0.6) is 0 Å². The normalized spacial score (nSPS) is 23.2. The highest BCUT2D eigenvalue weighted by atomic mass is 16.6. The number of likely N-dealkylation sites (N-methyl/N-ethyl adjacent to an activating group) is 1. The van der Waals surface area contributed by atoms with E-state index in [1.165, 1.54) is 15.9 Å². The van der Waals surface area contributed by atoms with Gasteiger partial charge in [-0.3, -0.25) is 9.69 Å². The molecule has 1 aliphatic rings. The average Bonchev–Trinajstić information content (AvgIpc) is 2.67. The lowest BCUT2D eigenvalue weighted by atomic mass is 10.2. The van der Waals surface area contributed by atoms with Crippen LogP contribution in [0.25, 0.3) is 0 Å². The Bertz CT molecular complexity index is 333. The molecule has 2 atom stereocenters. The number of carboxylic acids is 1. The van der Waals surface area contributed by atoms with Gasteiger partial charge in [-0.1, -0.05) is 12.7 Å². The fourth-order valence-corrected chi connectivity index (χ4v) is 1.90. The Morgan fingerprint density at radius 2 is 2.22 bits per heavy atom. The third kappa shape index (κ3) is 3.71. The standard InChI is InChI=1S/C11H18N2O5/c1-3-4-18-11(17)13-5-8(9(14)6-13)12(2)7-10(15)16/h3,8-9,14H,1,4-7H2,2H3,(H,15,16)/t8-,9-/m0/s1. The number of carbonyl (C=O) groups excluding carboxylic acids is 1. The van der Waals surface area contributed by atoms with Crippen molar-refractivity contribution in [3.63, 3.8) is 0 Å². The van der Waals surface area contributed by atoms with Crippen molar-refractivity contribution in [3.8, 4) is 0 Å². The van der Waals surface area contributed by atoms with Crippen molar-refractivity contribution in [2.24, 2.45) is 0 Å². The first-order valence-electron chi connectivity index (χ1n) is 5.58. The van der Waals surface area contributed by atoms with Crippen LogP contribution in [0, 0.1) is 0 Å². The second kappa shape index (κ2) is 6.36. The lowest BCUT2D eigenvalue weighted by Crippen LogP contribution is -2.43. The summed E-state index contributed by atoms with van der Waals surface area (Å²) in [4.78, 5) is 25.0. The predicted molar refractivity (Wildman–Crippen MR) is 63.2 cm³/mol. The molecule has 18 heavy (non-hydrogen) atoms. The van der Waals surface area contributed by atoms with Gasteiger partial charge in [-0.25, -0.2) is 4.79 Å². The molecule has 0 unspecified atom stereocenters. The minimum Gasteiger partial charge on any atom is -0.480 e. The van der Waals surface area contributed by atoms with Crippen LogP contribution in [0.2, 0.25) is 0 Å². The van der Waals surface area contributed by atoms with Gasteiger partial charge in [0.1, 0.15) is 6.61 Å². The van der Waals surface area contributed by atoms with Gasteiger partial charge >= 0.3 is 12.1 Å². The number of aliphatic hydroxyl groups is 1. The van der Waals surface area contributed by atoms with Crippen molar-refractivity contribution in [2.45, 2.75) is 12.1 Å². The van der Waals surface area contributed by atoms with Crippen LogP contribution in [0.15, 0.2) is 12.7 Å². The quantitative estimate of drug-likeness (QED) is 0.638. The molecule has 2 N–H and O–H groups in total. The second-order valence-corrected chi connectivity index (χ2v) is 4.21. The number of aliphatic hydroxyl groups excluding tert-OH is 1. The monoisotopic (exact) mass is 258 g/mol. The second-order valence-electron chi connectivity index (χ2n) is 4.21. The molecule has 0 aliphatic carbocycles. The molecule has 7 heteroatoms. The lowest BCUT2D eigenvalue weighted by Gasteiger charge is -2.24. The van der Waals surface area contributed by atoms with E-state index in [2.05, 4.69) is 6.58 Å². The molecular weight excluding hydrogens is 240 g/mol. The van der Waals surface area contributed by atoms with E-state index in [9.17, 15) is 14.7 Å². The van der Waals surface area contributed by atoms with E-state index in [0.29, 0.717) is 0 Å². The molecule has 0 bridgehead atoms. The van der Waals surface area contributed by atoms with Crippen LogP contribution in [-0.2, 0) is 9.53 Å². The van der Waals surface area contributed by atoms with Crippen LogP contribution in [0.3, 0.4) is 0 Å². The van der Waals surface area contributed by atoms with Crippen molar-refractivity contribution >= 4 is 12.1 Å². The van der Waals surface area contributed by atoms with Crippen LogP contribution in [0.1, 0.15) is 0 Å². The number of rotatable bonds is 5. The molecule has 0 aromatic rings. The Morgan fingerprint density at radius 1 is 1.56 bits per heavy atom. The van der Waals surface area contributed by atoms with Crippen LogP contribution >= 0.6 is 0 Å². The molecule has 0 radical (unpaired) electrons. The van der Waals surface area contributed by atoms with Gasteiger partial charge in [0.15, 0.2) is 0 Å². The molecule has 1 amide bonds. The number of amides is 1. The molecule has 0 saturated carbocycles. The Kier molecular flexibility index (Phi) is 5.11. The van der Waals surface area contributed by atoms with E-state index in [1.54, 1.807) is 7.05 Å². The van der Waals surface area contributed by atoms with E-state index in [4.69, 9.17) is 9.84 Å². The number of hydrogen-bond acceptors (Lipinski definition) is 5. The Hall–Kier alpha value is -1.60. The van der Waals surface area contributed by atoms with Crippen LogP contribution in [0.4, 0.5) is 4.79 Å². The summed E-state index contributed by atoms with van der Waals surface area (Å²) in [5.74, 6) is -0.975. The summed E-state index contributed by atoms with van der Waals surface area (Å²) < 4.78 is 4.86. The number of ether oxygens (including phenoxy) is 1. The number of carboxylic acid groups (broad SMARTS) is 1. The van der Waals surface area contributed by atoms with Crippen LogP contribution in [-0.4, -0.2) is 77.5 Å². The maximum atomic E-state index is 11.6. The maximum Gasteiger partial charge on any atom is 0.410 e. The smallest absolute Gasteiger partial charge is 0.410 e. The molecule has 7 nitrogen and oxygen atoms in total. The van der Waals surface area contributed by atoms with Gasteiger partial charge in [-0.05, 0) is 7.05 Å². The highest BCUT2D eigenvalue weighted by Crippen LogP contribution is 2.16. The summed E-state index contributed by atoms with van der Waals surface area (Å²) in [6.45, 7) is 3.75. The summed E-state index contributed by atoms with van der Waals surface area (Å²) >= 11 is 0. The number of hydrogen-bond donors (Lipinski definition) is 2. The summed E-state index contributed by atoms with van der Waals surface area (Å²) in [7, 11) is 1.60. The van der Waals surface area contributed by atoms with Crippen molar-refractivity contribution in [3.05, 3.63) is 12.7 Å². The maximum absolute atomic E-state index is 11.6. The molecule has 0 spiro atoms. The largest absolute Gasteiger partial charge is 0.480 e. The first-order chi connectivity index (χ1) is 8.45. The molecule has 0 aromatic carbocycles. The van der Waals surface area contributed by atoms with Crippen molar-refractivity contribution in [1.29, 1.82) is 0 Å². The van der Waals surface area contributed by atoms with E-state index in [0.717, 1.165) is 0 Å². The fraction of sp³-hybridized carbons (Fsp3) is 0.636. The number of β-amino-alcohol motifs (C(OH)–C–C–N with tert-alkyl or cyclic N) is 1. The highest BCUT2D eigenvalue weighted by molar-refractivity contribution is 5.69. The number of aliphatic carboxylic acids is 1. The van der Waals surface area contributed by atoms with Gasteiger partial charge < -0.3 is 19.8 Å². The van der Waals surface area contributed by atoms with E-state index < -0.39 is 24.2 Å². The summed E-state index contributed by atoms with van der Waals surface area (Å²) in [5, 5.41) is 18.5. The molecule has 1 rings (SSSR count). The van der Waals surface area contributed by atoms with Gasteiger partial charge in [0, 0.05) is 6.54 Å². The molecule has 1 fully saturated rings. The minimum atomic E-state index is -0.975. The molecule has 1 heterocycles. The number of nitrogens with zero attached hydrogens (tertiary/aromatic N) is 2. The molecule has 1 saturated heterocycles. The number of likely N-dealkylation sites (tertiary alicyclic amines) is 1. The first-order valence-corrected chi connectivity index (χ1v) is 5.58. The molecular formula is C11H18N2O5. The summed E-state index contributed by atoms with van der Waals surface area (Å²) in [5.41, 5.74) is 0. The van der Waals surface area contributed by atoms with Gasteiger partial charge in [0.05, 0.1) is 25.2 Å². The summed E-state index contributed by atoms with van der Waals surface area (Å²) in [6.07, 6.45) is 0.157. The zero-order valence-electron chi connectivity index (χ0n) is 10.3. The third-order valence-corrected chi connectivity index (χ3v) is 2.79. The predicted octanol–water partition coefficient (Wildman–Crippen LogP) is -0.629. The first kappa shape index (κ1) is 14.5. The third-order valence-electron chi connectivity index (χ3n) is 2.79. The van der Waals surface area contributed by atoms with E-state index >= 15 is 0 Å². The molecule has 102 valence electrons. The van der Waals surface area contributed by atoms with Crippen LogP contribution < -0.4 is 0 Å². The van der Waals surface area contributed by atoms with Gasteiger partial charge in [0.25, 0.3) is 0 Å². The molecule has 1 aliphatic heterocycles. The van der Waals surface area contributed by atoms with Crippen molar-refractivity contribution < 1.29 is 24.5 Å². The van der Waals surface area contributed by atoms with Gasteiger partial charge in [0.2, 0.25) is 0 Å². The Labute approximate surface area is 105 Å². The fourth-order valence-electron chi connectivity index (χ4n) is 1.90. The van der Waals surface area contributed by atoms with E-state index in [-0.39, 0.29) is 26.2 Å². The highest BCUT2D eigenvalue weighted by Gasteiger charge is 2.37. The minimum absolute atomic E-state index is 0.112. The van der Waals surface area contributed by atoms with Crippen molar-refractivity contribution in [2.75, 3.05) is 33.3 Å². The summed E-state index contributed by atoms with van der Waals surface area (Å²) in [6, 6.07) is -0.391. The van der Waals surface area contributed by atoms with E-state index in [1.807, 2.05) is 0 Å². The van der Waals surface area contributed by atoms with Crippen molar-refractivity contribution in [1.82, 2.24) is 9.80 Å². The van der Waals surface area contributed by atoms with Gasteiger partial charge in [-0.15, -0.1) is 0 Å². The Morgan fingerprint density at radius 3 is 2.78 bits per heavy atom. The number of carbonyl (C=O) groups is 2.